The number of hydrogen-bond donors (Lipinski definition) is 4. The first kappa shape index (κ1) is 24.8. The molecule has 182 valence electrons. The molecule has 5 atom stereocenters. The van der Waals surface area contributed by atoms with Crippen molar-refractivity contribution in [2.75, 3.05) is 0 Å². The number of hydrogen-bond acceptors (Lipinski definition) is 7. The Labute approximate surface area is 194 Å². The van der Waals surface area contributed by atoms with Crippen LogP contribution in [0.15, 0.2) is 43.0 Å². The van der Waals surface area contributed by atoms with Crippen LogP contribution in [0.25, 0.3) is 0 Å². The first-order valence-corrected chi connectivity index (χ1v) is 10.7. The van der Waals surface area contributed by atoms with Crippen LogP contribution in [0.5, 0.6) is 0 Å². The Bertz CT molecular complexity index is 1100. The largest absolute Gasteiger partial charge is 0.481 e. The molecule has 1 aliphatic rings. The number of carbonyl (C=O) groups is 3. The molecule has 0 radical (unpaired) electrons. The van der Waals surface area contributed by atoms with E-state index in [0.29, 0.717) is 0 Å². The van der Waals surface area contributed by atoms with Crippen LogP contribution in [0.1, 0.15) is 38.2 Å². The van der Waals surface area contributed by atoms with Crippen molar-refractivity contribution in [2.45, 2.75) is 51.2 Å². The molecule has 0 spiro atoms. The highest BCUT2D eigenvalue weighted by atomic mass is 16.6. The fraction of sp³-hybridized carbons (Fsp3) is 0.455. The highest BCUT2D eigenvalue weighted by molar-refractivity contribution is 5.90. The second-order valence-corrected chi connectivity index (χ2v) is 8.43. The molecule has 1 saturated heterocycles. The third kappa shape index (κ3) is 3.69. The average Bonchev–Trinajstić information content (AvgIpc) is 3.31. The second-order valence-electron chi connectivity index (χ2n) is 8.43. The molecule has 3 rings (SSSR count). The summed E-state index contributed by atoms with van der Waals surface area (Å²) in [5, 5.41) is 45.4. The van der Waals surface area contributed by atoms with Crippen LogP contribution in [0.3, 0.4) is 0 Å². The first-order chi connectivity index (χ1) is 16.1. The molecule has 0 amide bonds. The SMILES string of the molecule is CCC1(C(=O)O)C(Cn2ccnc2)NC(C(=O)O)C(CC)(C(=O)O)C1c1cccc([N+](=O)[O-])c1. The van der Waals surface area contributed by atoms with Gasteiger partial charge in [0.1, 0.15) is 11.5 Å². The predicted molar refractivity (Wildman–Crippen MR) is 117 cm³/mol. The maximum atomic E-state index is 13.0. The fourth-order valence-corrected chi connectivity index (χ4v) is 5.53. The number of carboxylic acid groups (broad SMARTS) is 3. The average molecular weight is 474 g/mol. The molecule has 0 aliphatic carbocycles. The first-order valence-electron chi connectivity index (χ1n) is 10.7. The van der Waals surface area contributed by atoms with Gasteiger partial charge in [0, 0.05) is 43.0 Å². The molecule has 1 fully saturated rings. The molecular weight excluding hydrogens is 448 g/mol. The van der Waals surface area contributed by atoms with Crippen molar-refractivity contribution in [3.05, 3.63) is 58.7 Å². The minimum absolute atomic E-state index is 0.00520. The van der Waals surface area contributed by atoms with Gasteiger partial charge in [0.05, 0.1) is 16.7 Å². The monoisotopic (exact) mass is 474 g/mol. The minimum Gasteiger partial charge on any atom is -0.481 e. The van der Waals surface area contributed by atoms with Crippen LogP contribution in [0.2, 0.25) is 0 Å². The normalized spacial score (nSPS) is 28.8. The summed E-state index contributed by atoms with van der Waals surface area (Å²) in [5.41, 5.74) is -4.19. The molecular formula is C22H26N4O8. The van der Waals surface area contributed by atoms with E-state index in [4.69, 9.17) is 0 Å². The van der Waals surface area contributed by atoms with Gasteiger partial charge in [0.15, 0.2) is 0 Å². The highest BCUT2D eigenvalue weighted by Crippen LogP contribution is 2.59. The summed E-state index contributed by atoms with van der Waals surface area (Å²) in [6, 6.07) is 2.44. The molecule has 12 nitrogen and oxygen atoms in total. The summed E-state index contributed by atoms with van der Waals surface area (Å²) < 4.78 is 1.58. The number of nitrogens with zero attached hydrogens (tertiary/aromatic N) is 3. The van der Waals surface area contributed by atoms with E-state index in [1.807, 2.05) is 0 Å². The molecule has 4 N–H and O–H groups in total. The van der Waals surface area contributed by atoms with Crippen LogP contribution in [0, 0.1) is 20.9 Å². The van der Waals surface area contributed by atoms with Gasteiger partial charge in [0.2, 0.25) is 0 Å². The molecule has 2 aromatic rings. The Morgan fingerprint density at radius 1 is 1.15 bits per heavy atom. The lowest BCUT2D eigenvalue weighted by molar-refractivity contribution is -0.385. The maximum Gasteiger partial charge on any atom is 0.321 e. The summed E-state index contributed by atoms with van der Waals surface area (Å²) in [6.07, 6.45) is 4.22. The lowest BCUT2D eigenvalue weighted by Crippen LogP contribution is -2.73. The van der Waals surface area contributed by atoms with E-state index in [9.17, 15) is 39.8 Å². The topological polar surface area (TPSA) is 185 Å². The third-order valence-corrected chi connectivity index (χ3v) is 7.12. The number of carboxylic acids is 3. The summed E-state index contributed by atoms with van der Waals surface area (Å²) in [7, 11) is 0. The van der Waals surface area contributed by atoms with Gasteiger partial charge >= 0.3 is 17.9 Å². The third-order valence-electron chi connectivity index (χ3n) is 7.12. The number of aliphatic carboxylic acids is 3. The van der Waals surface area contributed by atoms with Gasteiger partial charge in [-0.2, -0.15) is 0 Å². The molecule has 12 heteroatoms. The van der Waals surface area contributed by atoms with Crippen LogP contribution in [-0.4, -0.2) is 59.8 Å². The van der Waals surface area contributed by atoms with Crippen molar-refractivity contribution >= 4 is 23.6 Å². The molecule has 34 heavy (non-hydrogen) atoms. The van der Waals surface area contributed by atoms with E-state index in [1.165, 1.54) is 37.6 Å². The van der Waals surface area contributed by atoms with Crippen LogP contribution < -0.4 is 5.32 Å². The van der Waals surface area contributed by atoms with E-state index < -0.39 is 51.7 Å². The van der Waals surface area contributed by atoms with E-state index in [2.05, 4.69) is 10.3 Å². The summed E-state index contributed by atoms with van der Waals surface area (Å²) in [5.74, 6) is -5.68. The molecule has 1 aromatic heterocycles. The van der Waals surface area contributed by atoms with Crippen LogP contribution >= 0.6 is 0 Å². The molecule has 1 aliphatic heterocycles. The molecule has 1 aromatic carbocycles. The Hall–Kier alpha value is -3.80. The number of imidazole rings is 1. The number of nitrogens with one attached hydrogen (secondary N) is 1. The van der Waals surface area contributed by atoms with Crippen molar-refractivity contribution in [1.82, 2.24) is 14.9 Å². The smallest absolute Gasteiger partial charge is 0.321 e. The van der Waals surface area contributed by atoms with Gasteiger partial charge in [0.25, 0.3) is 5.69 Å². The predicted octanol–water partition coefficient (Wildman–Crippen LogP) is 1.96. The van der Waals surface area contributed by atoms with Gasteiger partial charge in [-0.15, -0.1) is 0 Å². The van der Waals surface area contributed by atoms with E-state index in [1.54, 1.807) is 17.7 Å². The van der Waals surface area contributed by atoms with E-state index in [0.717, 1.165) is 6.07 Å². The van der Waals surface area contributed by atoms with Gasteiger partial charge in [-0.1, -0.05) is 26.0 Å². The number of piperidine rings is 1. The van der Waals surface area contributed by atoms with Gasteiger partial charge in [-0.05, 0) is 18.4 Å². The maximum absolute atomic E-state index is 13.0. The minimum atomic E-state index is -2.11. The quantitative estimate of drug-likeness (QED) is 0.309. The lowest BCUT2D eigenvalue weighted by Gasteiger charge is -2.57. The van der Waals surface area contributed by atoms with Gasteiger partial charge in [-0.25, -0.2) is 4.98 Å². The second kappa shape index (κ2) is 9.21. The highest BCUT2D eigenvalue weighted by Gasteiger charge is 2.69. The zero-order valence-electron chi connectivity index (χ0n) is 18.6. The molecule has 2 heterocycles. The zero-order valence-corrected chi connectivity index (χ0v) is 18.6. The Balaban J connectivity index is 2.40. The number of benzene rings is 1. The van der Waals surface area contributed by atoms with Crippen molar-refractivity contribution in [2.24, 2.45) is 10.8 Å². The Kier molecular flexibility index (Phi) is 6.73. The van der Waals surface area contributed by atoms with Gasteiger partial charge in [-0.3, -0.25) is 29.8 Å². The Morgan fingerprint density at radius 3 is 2.26 bits per heavy atom. The summed E-state index contributed by atoms with van der Waals surface area (Å²) in [4.78, 5) is 53.0. The Morgan fingerprint density at radius 2 is 1.79 bits per heavy atom. The number of nitro groups is 1. The number of non-ortho nitro benzene ring substituents is 1. The molecule has 0 saturated carbocycles. The van der Waals surface area contributed by atoms with Crippen LogP contribution in [-0.2, 0) is 20.9 Å². The van der Waals surface area contributed by atoms with Crippen molar-refractivity contribution < 1.29 is 34.6 Å². The lowest BCUT2D eigenvalue weighted by atomic mass is 9.49. The number of nitro benzene ring substituents is 1. The van der Waals surface area contributed by atoms with Gasteiger partial charge < -0.3 is 19.9 Å². The van der Waals surface area contributed by atoms with Crippen molar-refractivity contribution in [3.63, 3.8) is 0 Å². The zero-order chi connectivity index (χ0) is 25.3. The standard InChI is InChI=1S/C22H26N4O8/c1-3-21(19(29)30)15(11-25-9-8-23-12-25)24-17(18(27)28)22(4-2,20(31)32)16(21)13-6-5-7-14(10-13)26(33)34/h5-10,12,15-17,24H,3-4,11H2,1-2H3,(H,27,28)(H,29,30)(H,31,32). The summed E-state index contributed by atoms with van der Waals surface area (Å²) >= 11 is 0. The molecule has 5 unspecified atom stereocenters. The summed E-state index contributed by atoms with van der Waals surface area (Å²) in [6.45, 7) is 3.06. The van der Waals surface area contributed by atoms with Crippen molar-refractivity contribution in [1.29, 1.82) is 0 Å². The van der Waals surface area contributed by atoms with E-state index in [-0.39, 0.29) is 30.6 Å². The van der Waals surface area contributed by atoms with Crippen molar-refractivity contribution in [3.8, 4) is 0 Å². The van der Waals surface area contributed by atoms with Crippen LogP contribution in [0.4, 0.5) is 5.69 Å². The van der Waals surface area contributed by atoms with E-state index >= 15 is 0 Å². The molecule has 0 bridgehead atoms. The number of rotatable bonds is 9. The number of aromatic nitrogens is 2. The fourth-order valence-electron chi connectivity index (χ4n) is 5.53.